The molecule has 0 saturated carbocycles. The monoisotopic (exact) mass is 249 g/mol. The topological polar surface area (TPSA) is 44.5 Å². The Balaban J connectivity index is 2.35. The molecule has 0 aliphatic heterocycles. The van der Waals surface area contributed by atoms with Crippen LogP contribution in [0.3, 0.4) is 0 Å². The van der Waals surface area contributed by atoms with Crippen molar-refractivity contribution in [1.82, 2.24) is 0 Å². The van der Waals surface area contributed by atoms with Crippen LogP contribution in [-0.4, -0.2) is 25.9 Å². The van der Waals surface area contributed by atoms with Gasteiger partial charge in [0.25, 0.3) is 0 Å². The van der Waals surface area contributed by atoms with E-state index in [4.69, 9.17) is 15.2 Å². The fourth-order valence-electron chi connectivity index (χ4n) is 1.14. The zero-order valence-corrected chi connectivity index (χ0v) is 9.33. The number of nitrogens with two attached hydrogens (primary N) is 1. The lowest BCUT2D eigenvalue weighted by Gasteiger charge is -2.15. The van der Waals surface area contributed by atoms with E-state index in [1.807, 2.05) is 0 Å². The maximum atomic E-state index is 12.1. The van der Waals surface area contributed by atoms with Crippen LogP contribution in [0.1, 0.15) is 6.42 Å². The molecule has 2 N–H and O–H groups in total. The molecule has 1 atom stereocenters. The number of ether oxygens (including phenoxy) is 2. The highest BCUT2D eigenvalue weighted by Crippen LogP contribution is 2.21. The molecule has 1 rings (SSSR count). The molecular formula is C11H14F3NO2. The van der Waals surface area contributed by atoms with Crippen molar-refractivity contribution in [2.75, 3.05) is 13.7 Å². The van der Waals surface area contributed by atoms with Crippen molar-refractivity contribution in [3.05, 3.63) is 24.3 Å². The average molecular weight is 249 g/mol. The Kier molecular flexibility index (Phi) is 4.62. The molecule has 0 heterocycles. The Bertz CT molecular complexity index is 338. The summed E-state index contributed by atoms with van der Waals surface area (Å²) in [4.78, 5) is 0. The van der Waals surface area contributed by atoms with E-state index in [1.54, 1.807) is 24.3 Å². The van der Waals surface area contributed by atoms with Gasteiger partial charge < -0.3 is 15.2 Å². The smallest absolute Gasteiger partial charge is 0.403 e. The first-order chi connectivity index (χ1) is 7.93. The van der Waals surface area contributed by atoms with Gasteiger partial charge in [-0.15, -0.1) is 0 Å². The summed E-state index contributed by atoms with van der Waals surface area (Å²) in [7, 11) is 1.53. The number of benzene rings is 1. The van der Waals surface area contributed by atoms with Gasteiger partial charge in [0.2, 0.25) is 0 Å². The van der Waals surface area contributed by atoms with Crippen LogP contribution in [0.15, 0.2) is 24.3 Å². The predicted molar refractivity (Wildman–Crippen MR) is 57.1 cm³/mol. The van der Waals surface area contributed by atoms with Gasteiger partial charge >= 0.3 is 6.18 Å². The summed E-state index contributed by atoms with van der Waals surface area (Å²) in [5, 5.41) is 0. The number of methoxy groups -OCH3 is 1. The summed E-state index contributed by atoms with van der Waals surface area (Å²) in [6.07, 6.45) is -4.64. The van der Waals surface area contributed by atoms with Gasteiger partial charge in [-0.3, -0.25) is 0 Å². The van der Waals surface area contributed by atoms with Crippen LogP contribution in [0, 0.1) is 0 Å². The maximum Gasteiger partial charge on any atom is 0.403 e. The van der Waals surface area contributed by atoms with Gasteiger partial charge in [0.15, 0.2) is 0 Å². The number of alkyl halides is 3. The molecule has 1 unspecified atom stereocenters. The molecule has 3 nitrogen and oxygen atoms in total. The van der Waals surface area contributed by atoms with Crippen LogP contribution in [-0.2, 0) is 0 Å². The predicted octanol–water partition coefficient (Wildman–Crippen LogP) is 2.35. The van der Waals surface area contributed by atoms with Crippen LogP contribution < -0.4 is 15.2 Å². The second-order valence-corrected chi connectivity index (χ2v) is 3.46. The van der Waals surface area contributed by atoms with Gasteiger partial charge in [-0.1, -0.05) is 0 Å². The molecule has 0 aromatic heterocycles. The van der Waals surface area contributed by atoms with Crippen molar-refractivity contribution in [2.45, 2.75) is 18.6 Å². The number of rotatable bonds is 5. The highest BCUT2D eigenvalue weighted by molar-refractivity contribution is 5.31. The van der Waals surface area contributed by atoms with Gasteiger partial charge in [0.05, 0.1) is 13.7 Å². The molecule has 0 aliphatic rings. The minimum atomic E-state index is -4.37. The summed E-state index contributed by atoms with van der Waals surface area (Å²) in [6, 6.07) is 4.73. The lowest BCUT2D eigenvalue weighted by Crippen LogP contribution is -2.38. The van der Waals surface area contributed by atoms with Crippen LogP contribution >= 0.6 is 0 Å². The molecule has 6 heteroatoms. The molecule has 0 amide bonds. The Morgan fingerprint density at radius 2 is 1.71 bits per heavy atom. The van der Waals surface area contributed by atoms with Gasteiger partial charge in [0, 0.05) is 6.42 Å². The summed E-state index contributed by atoms with van der Waals surface area (Å²) in [5.74, 6) is 1.14. The largest absolute Gasteiger partial charge is 0.497 e. The molecule has 1 aromatic carbocycles. The van der Waals surface area contributed by atoms with Crippen molar-refractivity contribution < 1.29 is 22.6 Å². The van der Waals surface area contributed by atoms with Crippen molar-refractivity contribution >= 4 is 0 Å². The number of halogens is 3. The third-order valence-electron chi connectivity index (χ3n) is 2.18. The summed E-state index contributed by atoms with van der Waals surface area (Å²) in [5.41, 5.74) is 4.94. The summed E-state index contributed by atoms with van der Waals surface area (Å²) < 4.78 is 46.3. The lowest BCUT2D eigenvalue weighted by molar-refractivity contribution is -0.150. The second kappa shape index (κ2) is 5.77. The van der Waals surface area contributed by atoms with Gasteiger partial charge in [0.1, 0.15) is 17.5 Å². The van der Waals surface area contributed by atoms with Gasteiger partial charge in [-0.2, -0.15) is 13.2 Å². The number of hydrogen-bond donors (Lipinski definition) is 1. The van der Waals surface area contributed by atoms with Crippen LogP contribution in [0.25, 0.3) is 0 Å². The van der Waals surface area contributed by atoms with E-state index in [-0.39, 0.29) is 13.0 Å². The van der Waals surface area contributed by atoms with E-state index in [2.05, 4.69) is 0 Å². The van der Waals surface area contributed by atoms with Gasteiger partial charge in [-0.05, 0) is 24.3 Å². The molecule has 0 radical (unpaired) electrons. The average Bonchev–Trinajstić information content (AvgIpc) is 2.28. The molecule has 0 spiro atoms. The first kappa shape index (κ1) is 13.6. The molecular weight excluding hydrogens is 235 g/mol. The third-order valence-corrected chi connectivity index (χ3v) is 2.18. The highest BCUT2D eigenvalue weighted by Gasteiger charge is 2.36. The Morgan fingerprint density at radius 1 is 1.18 bits per heavy atom. The summed E-state index contributed by atoms with van der Waals surface area (Å²) >= 11 is 0. The maximum absolute atomic E-state index is 12.1. The van der Waals surface area contributed by atoms with E-state index in [1.165, 1.54) is 7.11 Å². The molecule has 0 saturated heterocycles. The normalized spacial score (nSPS) is 13.2. The SMILES string of the molecule is COc1ccc(OCCC(N)C(F)(F)F)cc1. The van der Waals surface area contributed by atoms with Crippen molar-refractivity contribution in [3.8, 4) is 11.5 Å². The van der Waals surface area contributed by atoms with E-state index in [9.17, 15) is 13.2 Å². The molecule has 0 aliphatic carbocycles. The van der Waals surface area contributed by atoms with Crippen LogP contribution in [0.5, 0.6) is 11.5 Å². The van der Waals surface area contributed by atoms with E-state index < -0.39 is 12.2 Å². The second-order valence-electron chi connectivity index (χ2n) is 3.46. The Labute approximate surface area is 97.3 Å². The number of hydrogen-bond acceptors (Lipinski definition) is 3. The van der Waals surface area contributed by atoms with Gasteiger partial charge in [-0.25, -0.2) is 0 Å². The van der Waals surface area contributed by atoms with E-state index >= 15 is 0 Å². The third kappa shape index (κ3) is 4.52. The molecule has 17 heavy (non-hydrogen) atoms. The fraction of sp³-hybridized carbons (Fsp3) is 0.455. The lowest BCUT2D eigenvalue weighted by atomic mass is 10.2. The first-order valence-electron chi connectivity index (χ1n) is 5.02. The van der Waals surface area contributed by atoms with E-state index in [0.717, 1.165) is 0 Å². The minimum absolute atomic E-state index is 0.0764. The minimum Gasteiger partial charge on any atom is -0.497 e. The quantitative estimate of drug-likeness (QED) is 0.871. The van der Waals surface area contributed by atoms with Crippen molar-refractivity contribution in [3.63, 3.8) is 0 Å². The van der Waals surface area contributed by atoms with Crippen LogP contribution in [0.4, 0.5) is 13.2 Å². The summed E-state index contributed by atoms with van der Waals surface area (Å²) in [6.45, 7) is -0.0764. The zero-order chi connectivity index (χ0) is 12.9. The first-order valence-corrected chi connectivity index (χ1v) is 5.02. The molecule has 96 valence electrons. The fourth-order valence-corrected chi connectivity index (χ4v) is 1.14. The molecule has 0 bridgehead atoms. The van der Waals surface area contributed by atoms with Crippen molar-refractivity contribution in [2.24, 2.45) is 5.73 Å². The zero-order valence-electron chi connectivity index (χ0n) is 9.33. The van der Waals surface area contributed by atoms with Crippen molar-refractivity contribution in [1.29, 1.82) is 0 Å². The Morgan fingerprint density at radius 3 is 2.18 bits per heavy atom. The standard InChI is InChI=1S/C11H14F3NO2/c1-16-8-2-4-9(5-3-8)17-7-6-10(15)11(12,13)14/h2-5,10H,6-7,15H2,1H3. The Hall–Kier alpha value is -1.43. The van der Waals surface area contributed by atoms with E-state index in [0.29, 0.717) is 11.5 Å². The molecule has 1 aromatic rings. The van der Waals surface area contributed by atoms with Crippen LogP contribution in [0.2, 0.25) is 0 Å². The highest BCUT2D eigenvalue weighted by atomic mass is 19.4. The molecule has 0 fully saturated rings.